The van der Waals surface area contributed by atoms with Gasteiger partial charge in [0, 0.05) is 25.9 Å². The first-order valence-electron chi connectivity index (χ1n) is 7.34. The van der Waals surface area contributed by atoms with Crippen molar-refractivity contribution in [3.63, 3.8) is 0 Å². The second kappa shape index (κ2) is 7.46. The van der Waals surface area contributed by atoms with Crippen molar-refractivity contribution in [2.24, 2.45) is 0 Å². The van der Waals surface area contributed by atoms with E-state index >= 15 is 0 Å². The van der Waals surface area contributed by atoms with Gasteiger partial charge in [-0.1, -0.05) is 0 Å². The Bertz CT molecular complexity index is 869. The van der Waals surface area contributed by atoms with Gasteiger partial charge in [0.2, 0.25) is 10.0 Å². The third-order valence-electron chi connectivity index (χ3n) is 3.13. The van der Waals surface area contributed by atoms with Crippen molar-refractivity contribution in [2.45, 2.75) is 24.7 Å². The largest absolute Gasteiger partial charge is 0.573 e. The van der Waals surface area contributed by atoms with Crippen molar-refractivity contribution >= 4 is 15.8 Å². The molecule has 2 rings (SSSR count). The SMILES string of the molecule is Cc1cc(N(C)C)nc(CNS(=O)(=O)c2ccc(OC(F)(F)F)cc2)n1. The highest BCUT2D eigenvalue weighted by Gasteiger charge is 2.31. The number of anilines is 1. The van der Waals surface area contributed by atoms with Gasteiger partial charge in [0.15, 0.2) is 0 Å². The molecule has 142 valence electrons. The first-order valence-corrected chi connectivity index (χ1v) is 8.82. The van der Waals surface area contributed by atoms with Crippen LogP contribution in [0.5, 0.6) is 5.75 Å². The number of hydrogen-bond donors (Lipinski definition) is 1. The zero-order valence-electron chi connectivity index (χ0n) is 14.2. The third-order valence-corrected chi connectivity index (χ3v) is 4.55. The average Bonchev–Trinajstić information content (AvgIpc) is 2.51. The summed E-state index contributed by atoms with van der Waals surface area (Å²) in [5.41, 5.74) is 0.673. The van der Waals surface area contributed by atoms with Crippen molar-refractivity contribution in [3.8, 4) is 5.75 Å². The van der Waals surface area contributed by atoms with E-state index in [1.165, 1.54) is 0 Å². The van der Waals surface area contributed by atoms with Crippen LogP contribution >= 0.6 is 0 Å². The minimum Gasteiger partial charge on any atom is -0.406 e. The van der Waals surface area contributed by atoms with Crippen LogP contribution in [-0.2, 0) is 16.6 Å². The van der Waals surface area contributed by atoms with E-state index in [1.54, 1.807) is 32.0 Å². The number of alkyl halides is 3. The normalized spacial score (nSPS) is 12.1. The van der Waals surface area contributed by atoms with E-state index in [4.69, 9.17) is 0 Å². The molecule has 0 aliphatic heterocycles. The Morgan fingerprint density at radius 2 is 1.77 bits per heavy atom. The van der Waals surface area contributed by atoms with Crippen LogP contribution in [0.4, 0.5) is 19.0 Å². The van der Waals surface area contributed by atoms with Crippen LogP contribution in [0.25, 0.3) is 0 Å². The number of nitrogens with zero attached hydrogens (tertiary/aromatic N) is 3. The molecule has 26 heavy (non-hydrogen) atoms. The van der Waals surface area contributed by atoms with Crippen molar-refractivity contribution < 1.29 is 26.3 Å². The van der Waals surface area contributed by atoms with E-state index in [1.807, 2.05) is 0 Å². The number of halogens is 3. The topological polar surface area (TPSA) is 84.4 Å². The number of rotatable bonds is 6. The Balaban J connectivity index is 2.12. The molecule has 0 aliphatic carbocycles. The molecule has 0 amide bonds. The lowest BCUT2D eigenvalue weighted by molar-refractivity contribution is -0.274. The molecule has 0 saturated carbocycles. The van der Waals surface area contributed by atoms with Crippen molar-refractivity contribution in [1.82, 2.24) is 14.7 Å². The standard InChI is InChI=1S/C15H17F3N4O3S/c1-10-8-14(22(2)3)21-13(20-10)9-19-26(23,24)12-6-4-11(5-7-12)25-15(16,17)18/h4-8,19H,9H2,1-3H3. The zero-order valence-corrected chi connectivity index (χ0v) is 15.0. The summed E-state index contributed by atoms with van der Waals surface area (Å²) in [4.78, 5) is 9.94. The van der Waals surface area contributed by atoms with Crippen LogP contribution in [0.1, 0.15) is 11.5 Å². The van der Waals surface area contributed by atoms with E-state index in [-0.39, 0.29) is 17.3 Å². The fraction of sp³-hybridized carbons (Fsp3) is 0.333. The summed E-state index contributed by atoms with van der Waals surface area (Å²) < 4.78 is 67.0. The second-order valence-electron chi connectivity index (χ2n) is 5.52. The highest BCUT2D eigenvalue weighted by atomic mass is 32.2. The molecule has 0 saturated heterocycles. The molecule has 0 aliphatic rings. The number of benzene rings is 1. The monoisotopic (exact) mass is 390 g/mol. The van der Waals surface area contributed by atoms with Gasteiger partial charge in [-0.25, -0.2) is 23.1 Å². The number of sulfonamides is 1. The van der Waals surface area contributed by atoms with Crippen molar-refractivity contribution in [3.05, 3.63) is 41.9 Å². The molecule has 0 unspecified atom stereocenters. The Morgan fingerprint density at radius 3 is 2.31 bits per heavy atom. The van der Waals surface area contributed by atoms with Gasteiger partial charge in [0.1, 0.15) is 17.4 Å². The molecular formula is C15H17F3N4O3S. The lowest BCUT2D eigenvalue weighted by atomic mass is 10.3. The highest BCUT2D eigenvalue weighted by molar-refractivity contribution is 7.89. The summed E-state index contributed by atoms with van der Waals surface area (Å²) in [6.45, 7) is 1.59. The number of nitrogens with one attached hydrogen (secondary N) is 1. The molecule has 0 spiro atoms. The molecule has 1 aromatic carbocycles. The molecule has 0 atom stereocenters. The van der Waals surface area contributed by atoms with Crippen LogP contribution in [0.15, 0.2) is 35.2 Å². The van der Waals surface area contributed by atoms with Gasteiger partial charge in [-0.15, -0.1) is 13.2 Å². The maximum Gasteiger partial charge on any atom is 0.573 e. The minimum absolute atomic E-state index is 0.161. The molecule has 1 heterocycles. The summed E-state index contributed by atoms with van der Waals surface area (Å²) >= 11 is 0. The van der Waals surface area contributed by atoms with Crippen LogP contribution in [0.2, 0.25) is 0 Å². The fourth-order valence-corrected chi connectivity index (χ4v) is 2.96. The number of aromatic nitrogens is 2. The van der Waals surface area contributed by atoms with Crippen LogP contribution in [0, 0.1) is 6.92 Å². The second-order valence-corrected chi connectivity index (χ2v) is 7.29. The Kier molecular flexibility index (Phi) is 5.71. The summed E-state index contributed by atoms with van der Waals surface area (Å²) in [5.74, 6) is 0.392. The van der Waals surface area contributed by atoms with Crippen LogP contribution < -0.4 is 14.4 Å². The quantitative estimate of drug-likeness (QED) is 0.814. The van der Waals surface area contributed by atoms with Crippen molar-refractivity contribution in [1.29, 1.82) is 0 Å². The summed E-state index contributed by atoms with van der Waals surface area (Å²) in [6, 6.07) is 5.64. The van der Waals surface area contributed by atoms with Gasteiger partial charge in [-0.05, 0) is 31.2 Å². The molecule has 1 N–H and O–H groups in total. The third kappa shape index (κ3) is 5.56. The van der Waals surface area contributed by atoms with E-state index in [0.29, 0.717) is 11.5 Å². The maximum absolute atomic E-state index is 12.3. The first-order chi connectivity index (χ1) is 12.0. The van der Waals surface area contributed by atoms with Crippen LogP contribution in [-0.4, -0.2) is 38.8 Å². The molecule has 7 nitrogen and oxygen atoms in total. The average molecular weight is 390 g/mol. The summed E-state index contributed by atoms with van der Waals surface area (Å²) in [7, 11) is -0.361. The predicted molar refractivity (Wildman–Crippen MR) is 88.2 cm³/mol. The van der Waals surface area contributed by atoms with Gasteiger partial charge in [0.05, 0.1) is 11.4 Å². The molecular weight excluding hydrogens is 373 g/mol. The summed E-state index contributed by atoms with van der Waals surface area (Å²) in [6.07, 6.45) is -4.84. The van der Waals surface area contributed by atoms with E-state index in [0.717, 1.165) is 24.3 Å². The van der Waals surface area contributed by atoms with E-state index in [2.05, 4.69) is 19.4 Å². The maximum atomic E-state index is 12.3. The van der Waals surface area contributed by atoms with Gasteiger partial charge in [-0.3, -0.25) is 0 Å². The van der Waals surface area contributed by atoms with Gasteiger partial charge in [-0.2, -0.15) is 0 Å². The molecule has 0 bridgehead atoms. The Labute approximate surface area is 148 Å². The van der Waals surface area contributed by atoms with Crippen LogP contribution in [0.3, 0.4) is 0 Å². The predicted octanol–water partition coefficient (Wildman–Crippen LogP) is 2.23. The minimum atomic E-state index is -4.84. The number of ether oxygens (including phenoxy) is 1. The van der Waals surface area contributed by atoms with Crippen molar-refractivity contribution in [2.75, 3.05) is 19.0 Å². The van der Waals surface area contributed by atoms with E-state index in [9.17, 15) is 21.6 Å². The molecule has 1 aromatic heterocycles. The first kappa shape index (κ1) is 19.9. The van der Waals surface area contributed by atoms with Gasteiger partial charge in [0.25, 0.3) is 0 Å². The molecule has 0 radical (unpaired) electrons. The highest BCUT2D eigenvalue weighted by Crippen LogP contribution is 2.23. The lowest BCUT2D eigenvalue weighted by Gasteiger charge is -2.13. The zero-order chi connectivity index (χ0) is 19.5. The molecule has 0 fully saturated rings. The Hall–Kier alpha value is -2.40. The summed E-state index contributed by atoms with van der Waals surface area (Å²) in [5, 5.41) is 0. The number of aryl methyl sites for hydroxylation is 1. The lowest BCUT2D eigenvalue weighted by Crippen LogP contribution is -2.25. The van der Waals surface area contributed by atoms with Gasteiger partial charge < -0.3 is 9.64 Å². The Morgan fingerprint density at radius 1 is 1.15 bits per heavy atom. The molecule has 2 aromatic rings. The number of hydrogen-bond acceptors (Lipinski definition) is 6. The van der Waals surface area contributed by atoms with E-state index < -0.39 is 22.1 Å². The smallest absolute Gasteiger partial charge is 0.406 e. The molecule has 11 heteroatoms. The van der Waals surface area contributed by atoms with Gasteiger partial charge >= 0.3 is 6.36 Å². The fourth-order valence-electron chi connectivity index (χ4n) is 1.98.